The van der Waals surface area contributed by atoms with Crippen molar-refractivity contribution < 1.29 is 9.59 Å². The fourth-order valence-electron chi connectivity index (χ4n) is 0.647. The molecular formula is C5H16O2Si2. The van der Waals surface area contributed by atoms with Gasteiger partial charge in [-0.15, -0.1) is 0 Å². The van der Waals surface area contributed by atoms with E-state index in [-0.39, 0.29) is 0 Å². The van der Waals surface area contributed by atoms with E-state index in [2.05, 4.69) is 0 Å². The second kappa shape index (κ2) is 5.16. The lowest BCUT2D eigenvalue weighted by atomic mass is 11.0. The minimum absolute atomic E-state index is 0.799. The summed E-state index contributed by atoms with van der Waals surface area (Å²) in [7, 11) is -2.89. The zero-order valence-electron chi connectivity index (χ0n) is 6.17. The average molecular weight is 164 g/mol. The van der Waals surface area contributed by atoms with Crippen LogP contribution in [0.3, 0.4) is 0 Å². The largest absolute Gasteiger partial charge is 0.435 e. The predicted octanol–water partition coefficient (Wildman–Crippen LogP) is -0.00240. The highest BCUT2D eigenvalue weighted by atomic mass is 28.4. The first-order valence-electron chi connectivity index (χ1n) is 3.56. The van der Waals surface area contributed by atoms with Crippen molar-refractivity contribution in [1.82, 2.24) is 0 Å². The van der Waals surface area contributed by atoms with E-state index in [0.29, 0.717) is 0 Å². The van der Waals surface area contributed by atoms with E-state index in [4.69, 9.17) is 0 Å². The Kier molecular flexibility index (Phi) is 5.37. The molecule has 0 heterocycles. The van der Waals surface area contributed by atoms with Crippen LogP contribution in [0.5, 0.6) is 0 Å². The number of hydrogen-bond donors (Lipinski definition) is 2. The average Bonchev–Trinajstić information content (AvgIpc) is 1.87. The van der Waals surface area contributed by atoms with Crippen LogP contribution in [-0.2, 0) is 0 Å². The zero-order valence-corrected chi connectivity index (χ0v) is 8.48. The third kappa shape index (κ3) is 4.83. The molecule has 2 unspecified atom stereocenters. The predicted molar refractivity (Wildman–Crippen MR) is 44.5 cm³/mol. The fourth-order valence-corrected chi connectivity index (χ4v) is 5.83. The summed E-state index contributed by atoms with van der Waals surface area (Å²) in [4.78, 5) is 18.3. The Hall–Kier alpha value is 0.354. The van der Waals surface area contributed by atoms with Crippen LogP contribution < -0.4 is 0 Å². The molecule has 0 aromatic rings. The van der Waals surface area contributed by atoms with E-state index in [9.17, 15) is 9.59 Å². The van der Waals surface area contributed by atoms with Gasteiger partial charge in [0.1, 0.15) is 0 Å². The molecule has 0 amide bonds. The summed E-state index contributed by atoms with van der Waals surface area (Å²) < 4.78 is 0. The second-order valence-corrected chi connectivity index (χ2v) is 8.49. The Morgan fingerprint density at radius 2 is 1.33 bits per heavy atom. The Labute approximate surface area is 60.0 Å². The monoisotopic (exact) mass is 164 g/mol. The summed E-state index contributed by atoms with van der Waals surface area (Å²) in [5, 5.41) is 0. The molecule has 0 rings (SSSR count). The van der Waals surface area contributed by atoms with Crippen molar-refractivity contribution in [3.63, 3.8) is 0 Å². The summed E-state index contributed by atoms with van der Waals surface area (Å²) >= 11 is 0. The van der Waals surface area contributed by atoms with Crippen molar-refractivity contribution in [3.05, 3.63) is 0 Å². The molecule has 0 aliphatic heterocycles. The quantitative estimate of drug-likeness (QED) is 0.574. The molecule has 0 aliphatic rings. The smallest absolute Gasteiger partial charge is 0.171 e. The molecular weight excluding hydrogens is 148 g/mol. The van der Waals surface area contributed by atoms with Crippen LogP contribution in [0.4, 0.5) is 0 Å². The molecule has 0 spiro atoms. The molecule has 0 fully saturated rings. The standard InChI is InChI=1S/C5H16O2Si2/c1-3-8(6)5-9(7)4-2/h6-9H,3-5H2,1-2H3. The van der Waals surface area contributed by atoms with Gasteiger partial charge >= 0.3 is 0 Å². The van der Waals surface area contributed by atoms with E-state index >= 15 is 0 Å². The van der Waals surface area contributed by atoms with Gasteiger partial charge in [0.15, 0.2) is 18.1 Å². The van der Waals surface area contributed by atoms with Gasteiger partial charge < -0.3 is 9.59 Å². The minimum atomic E-state index is -1.45. The maximum atomic E-state index is 9.17. The fraction of sp³-hybridized carbons (Fsp3) is 1.00. The first kappa shape index (κ1) is 9.35. The first-order valence-corrected chi connectivity index (χ1v) is 7.86. The van der Waals surface area contributed by atoms with Crippen molar-refractivity contribution in [2.45, 2.75) is 31.6 Å². The van der Waals surface area contributed by atoms with Gasteiger partial charge in [0.05, 0.1) is 0 Å². The molecule has 2 N–H and O–H groups in total. The van der Waals surface area contributed by atoms with Crippen LogP contribution >= 0.6 is 0 Å². The van der Waals surface area contributed by atoms with Gasteiger partial charge in [0, 0.05) is 0 Å². The van der Waals surface area contributed by atoms with E-state index in [0.717, 1.165) is 17.8 Å². The third-order valence-corrected chi connectivity index (χ3v) is 7.72. The topological polar surface area (TPSA) is 40.5 Å². The summed E-state index contributed by atoms with van der Waals surface area (Å²) in [6, 6.07) is 1.81. The molecule has 0 saturated carbocycles. The van der Waals surface area contributed by atoms with Crippen molar-refractivity contribution in [2.24, 2.45) is 0 Å². The Morgan fingerprint density at radius 3 is 1.56 bits per heavy atom. The molecule has 0 aromatic carbocycles. The zero-order chi connectivity index (χ0) is 7.28. The van der Waals surface area contributed by atoms with E-state index in [1.165, 1.54) is 0 Å². The van der Waals surface area contributed by atoms with Crippen molar-refractivity contribution >= 4 is 18.1 Å². The van der Waals surface area contributed by atoms with Crippen LogP contribution in [0.2, 0.25) is 17.8 Å². The molecule has 0 bridgehead atoms. The van der Waals surface area contributed by atoms with Crippen molar-refractivity contribution in [3.8, 4) is 0 Å². The van der Waals surface area contributed by atoms with Gasteiger partial charge in [-0.2, -0.15) is 0 Å². The van der Waals surface area contributed by atoms with Gasteiger partial charge in [-0.1, -0.05) is 13.8 Å². The Morgan fingerprint density at radius 1 is 1.00 bits per heavy atom. The van der Waals surface area contributed by atoms with Crippen LogP contribution in [0, 0.1) is 0 Å². The lowest BCUT2D eigenvalue weighted by Gasteiger charge is -2.07. The highest BCUT2D eigenvalue weighted by Gasteiger charge is 2.11. The van der Waals surface area contributed by atoms with Gasteiger partial charge in [0.2, 0.25) is 0 Å². The molecule has 56 valence electrons. The normalized spacial score (nSPS) is 17.3. The second-order valence-electron chi connectivity index (χ2n) is 2.36. The molecule has 4 heteroatoms. The minimum Gasteiger partial charge on any atom is -0.435 e. The number of rotatable bonds is 4. The lowest BCUT2D eigenvalue weighted by Crippen LogP contribution is -2.22. The van der Waals surface area contributed by atoms with Gasteiger partial charge in [0.25, 0.3) is 0 Å². The molecule has 0 aromatic heterocycles. The summed E-state index contributed by atoms with van der Waals surface area (Å²) in [6.45, 7) is 3.99. The molecule has 2 nitrogen and oxygen atoms in total. The SMILES string of the molecule is CC[SiH](O)C[SiH](O)CC. The number of hydrogen-bond acceptors (Lipinski definition) is 2. The Bertz CT molecular complexity index is 62.0. The lowest BCUT2D eigenvalue weighted by molar-refractivity contribution is 0.552. The van der Waals surface area contributed by atoms with Gasteiger partial charge in [-0.3, -0.25) is 0 Å². The molecule has 0 saturated heterocycles. The first-order chi connectivity index (χ1) is 4.20. The van der Waals surface area contributed by atoms with Crippen molar-refractivity contribution in [2.75, 3.05) is 0 Å². The highest BCUT2D eigenvalue weighted by molar-refractivity contribution is 6.69. The molecule has 2 atom stereocenters. The molecule has 9 heavy (non-hydrogen) atoms. The Balaban J connectivity index is 3.22. The third-order valence-electron chi connectivity index (χ3n) is 1.49. The maximum absolute atomic E-state index is 9.17. The van der Waals surface area contributed by atoms with Crippen LogP contribution in [-0.4, -0.2) is 27.7 Å². The van der Waals surface area contributed by atoms with Crippen LogP contribution in [0.25, 0.3) is 0 Å². The molecule has 0 aliphatic carbocycles. The van der Waals surface area contributed by atoms with E-state index < -0.39 is 18.1 Å². The van der Waals surface area contributed by atoms with Gasteiger partial charge in [-0.25, -0.2) is 0 Å². The van der Waals surface area contributed by atoms with E-state index in [1.807, 2.05) is 13.8 Å². The molecule has 0 radical (unpaired) electrons. The van der Waals surface area contributed by atoms with Crippen molar-refractivity contribution in [1.29, 1.82) is 0 Å². The highest BCUT2D eigenvalue weighted by Crippen LogP contribution is 2.00. The summed E-state index contributed by atoms with van der Waals surface area (Å²) in [5.74, 6) is 0. The maximum Gasteiger partial charge on any atom is 0.171 e. The summed E-state index contributed by atoms with van der Waals surface area (Å²) in [5.41, 5.74) is 0.799. The summed E-state index contributed by atoms with van der Waals surface area (Å²) in [6.07, 6.45) is 0. The van der Waals surface area contributed by atoms with Gasteiger partial charge in [-0.05, 0) is 17.8 Å². The van der Waals surface area contributed by atoms with Crippen LogP contribution in [0.15, 0.2) is 0 Å². The van der Waals surface area contributed by atoms with E-state index in [1.54, 1.807) is 0 Å². The van der Waals surface area contributed by atoms with Crippen LogP contribution in [0.1, 0.15) is 13.8 Å².